The Balaban J connectivity index is 1.94. The van der Waals surface area contributed by atoms with E-state index in [1.165, 1.54) is 5.56 Å². The Morgan fingerprint density at radius 1 is 1.19 bits per heavy atom. The van der Waals surface area contributed by atoms with Crippen LogP contribution in [-0.2, 0) is 13.0 Å². The molecule has 5 heteroatoms. The highest BCUT2D eigenvalue weighted by molar-refractivity contribution is 5.57. The molecule has 3 rings (SSSR count). The number of nitrogens with two attached hydrogens (primary N) is 1. The molecular formula is C16H17N3O2. The number of nitrogens with zero attached hydrogens (tertiary/aromatic N) is 2. The lowest BCUT2D eigenvalue weighted by atomic mass is 9.98. The van der Waals surface area contributed by atoms with Gasteiger partial charge in [-0.25, -0.2) is 0 Å². The molecule has 0 bridgehead atoms. The van der Waals surface area contributed by atoms with Crippen molar-refractivity contribution < 1.29 is 4.92 Å². The van der Waals surface area contributed by atoms with Gasteiger partial charge in [0.2, 0.25) is 0 Å². The summed E-state index contributed by atoms with van der Waals surface area (Å²) in [5.41, 5.74) is 9.32. The zero-order chi connectivity index (χ0) is 14.8. The van der Waals surface area contributed by atoms with Gasteiger partial charge in [0.05, 0.1) is 4.92 Å². The van der Waals surface area contributed by atoms with E-state index in [9.17, 15) is 10.1 Å². The number of fused-ring (bicyclic) bond motifs is 1. The van der Waals surface area contributed by atoms with Crippen molar-refractivity contribution in [2.45, 2.75) is 19.0 Å². The minimum Gasteiger partial charge on any atom is -0.365 e. The number of benzene rings is 2. The molecular weight excluding hydrogens is 266 g/mol. The quantitative estimate of drug-likeness (QED) is 0.694. The summed E-state index contributed by atoms with van der Waals surface area (Å²) in [7, 11) is 0. The van der Waals surface area contributed by atoms with Gasteiger partial charge >= 0.3 is 0 Å². The number of para-hydroxylation sites is 2. The standard InChI is InChI=1S/C16H17N3O2/c17-14-9-12-5-1-3-7-15(12)18(11-14)10-13-6-2-4-8-16(13)19(20)21/h1-8,14H,9-11,17H2. The molecule has 21 heavy (non-hydrogen) atoms. The third-order valence-corrected chi connectivity index (χ3v) is 3.82. The third kappa shape index (κ3) is 2.73. The number of nitro benzene ring substituents is 1. The maximum Gasteiger partial charge on any atom is 0.274 e. The molecule has 2 aromatic carbocycles. The lowest BCUT2D eigenvalue weighted by molar-refractivity contribution is -0.385. The van der Waals surface area contributed by atoms with Crippen molar-refractivity contribution in [3.8, 4) is 0 Å². The number of rotatable bonds is 3. The van der Waals surface area contributed by atoms with Crippen LogP contribution in [-0.4, -0.2) is 17.5 Å². The summed E-state index contributed by atoms with van der Waals surface area (Å²) in [5, 5.41) is 11.1. The molecule has 0 aromatic heterocycles. The van der Waals surface area contributed by atoms with Crippen molar-refractivity contribution in [2.75, 3.05) is 11.4 Å². The molecule has 1 heterocycles. The molecule has 1 aliphatic rings. The minimum atomic E-state index is -0.328. The highest BCUT2D eigenvalue weighted by atomic mass is 16.6. The maximum absolute atomic E-state index is 11.1. The first-order valence-electron chi connectivity index (χ1n) is 6.96. The predicted molar refractivity (Wildman–Crippen MR) is 82.3 cm³/mol. The van der Waals surface area contributed by atoms with Crippen LogP contribution < -0.4 is 10.6 Å². The molecule has 0 radical (unpaired) electrons. The van der Waals surface area contributed by atoms with Gasteiger partial charge in [-0.3, -0.25) is 10.1 Å². The molecule has 0 fully saturated rings. The molecule has 0 aliphatic carbocycles. The fraction of sp³-hybridized carbons (Fsp3) is 0.250. The van der Waals surface area contributed by atoms with Gasteiger partial charge in [-0.2, -0.15) is 0 Å². The van der Waals surface area contributed by atoms with Crippen LogP contribution in [0.5, 0.6) is 0 Å². The van der Waals surface area contributed by atoms with Gasteiger partial charge < -0.3 is 10.6 Å². The fourth-order valence-corrected chi connectivity index (χ4v) is 2.90. The largest absolute Gasteiger partial charge is 0.365 e. The normalized spacial score (nSPS) is 17.4. The molecule has 0 saturated carbocycles. The van der Waals surface area contributed by atoms with Crippen LogP contribution in [0, 0.1) is 10.1 Å². The fourth-order valence-electron chi connectivity index (χ4n) is 2.90. The molecule has 1 atom stereocenters. The van der Waals surface area contributed by atoms with Crippen molar-refractivity contribution in [3.63, 3.8) is 0 Å². The Morgan fingerprint density at radius 2 is 1.90 bits per heavy atom. The molecule has 2 N–H and O–H groups in total. The van der Waals surface area contributed by atoms with E-state index >= 15 is 0 Å². The van der Waals surface area contributed by atoms with E-state index in [4.69, 9.17) is 5.73 Å². The molecule has 2 aromatic rings. The second kappa shape index (κ2) is 5.54. The zero-order valence-electron chi connectivity index (χ0n) is 11.6. The molecule has 5 nitrogen and oxygen atoms in total. The summed E-state index contributed by atoms with van der Waals surface area (Å²) >= 11 is 0. The van der Waals surface area contributed by atoms with Gasteiger partial charge in [0, 0.05) is 36.4 Å². The Hall–Kier alpha value is -2.40. The van der Waals surface area contributed by atoms with E-state index in [2.05, 4.69) is 17.0 Å². The summed E-state index contributed by atoms with van der Waals surface area (Å²) < 4.78 is 0. The third-order valence-electron chi connectivity index (χ3n) is 3.82. The number of anilines is 1. The number of nitro groups is 1. The Morgan fingerprint density at radius 3 is 2.71 bits per heavy atom. The summed E-state index contributed by atoms with van der Waals surface area (Å²) in [5.74, 6) is 0. The monoisotopic (exact) mass is 283 g/mol. The molecule has 1 aliphatic heterocycles. The molecule has 0 amide bonds. The van der Waals surface area contributed by atoms with E-state index in [1.54, 1.807) is 18.2 Å². The average Bonchev–Trinajstić information content (AvgIpc) is 2.47. The van der Waals surface area contributed by atoms with Crippen LogP contribution in [0.15, 0.2) is 48.5 Å². The van der Waals surface area contributed by atoms with Gasteiger partial charge in [-0.1, -0.05) is 36.4 Å². The van der Waals surface area contributed by atoms with Gasteiger partial charge in [-0.05, 0) is 18.1 Å². The van der Waals surface area contributed by atoms with Crippen molar-refractivity contribution >= 4 is 11.4 Å². The van der Waals surface area contributed by atoms with E-state index in [0.29, 0.717) is 18.7 Å². The lowest BCUT2D eigenvalue weighted by Crippen LogP contribution is -2.42. The van der Waals surface area contributed by atoms with Gasteiger partial charge in [0.1, 0.15) is 0 Å². The van der Waals surface area contributed by atoms with Crippen LogP contribution in [0.4, 0.5) is 11.4 Å². The van der Waals surface area contributed by atoms with E-state index in [1.807, 2.05) is 18.2 Å². The highest BCUT2D eigenvalue weighted by Gasteiger charge is 2.23. The first-order chi connectivity index (χ1) is 10.1. The van der Waals surface area contributed by atoms with Gasteiger partial charge in [0.25, 0.3) is 5.69 Å². The van der Waals surface area contributed by atoms with Crippen molar-refractivity contribution in [2.24, 2.45) is 5.73 Å². The van der Waals surface area contributed by atoms with E-state index in [0.717, 1.165) is 12.1 Å². The lowest BCUT2D eigenvalue weighted by Gasteiger charge is -2.34. The molecule has 0 spiro atoms. The van der Waals surface area contributed by atoms with Crippen molar-refractivity contribution in [3.05, 3.63) is 69.8 Å². The molecule has 1 unspecified atom stereocenters. The summed E-state index contributed by atoms with van der Waals surface area (Å²) in [4.78, 5) is 12.9. The second-order valence-electron chi connectivity index (χ2n) is 5.36. The first kappa shape index (κ1) is 13.6. The van der Waals surface area contributed by atoms with Crippen LogP contribution >= 0.6 is 0 Å². The highest BCUT2D eigenvalue weighted by Crippen LogP contribution is 2.29. The maximum atomic E-state index is 11.1. The van der Waals surface area contributed by atoms with Gasteiger partial charge in [-0.15, -0.1) is 0 Å². The second-order valence-corrected chi connectivity index (χ2v) is 5.36. The topological polar surface area (TPSA) is 72.4 Å². The van der Waals surface area contributed by atoms with Crippen LogP contribution in [0.1, 0.15) is 11.1 Å². The average molecular weight is 283 g/mol. The van der Waals surface area contributed by atoms with Crippen LogP contribution in [0.3, 0.4) is 0 Å². The summed E-state index contributed by atoms with van der Waals surface area (Å²) in [6, 6.07) is 15.0. The van der Waals surface area contributed by atoms with E-state index < -0.39 is 0 Å². The number of hydrogen-bond donors (Lipinski definition) is 1. The predicted octanol–water partition coefficient (Wildman–Crippen LogP) is 2.48. The molecule has 108 valence electrons. The minimum absolute atomic E-state index is 0.0580. The summed E-state index contributed by atoms with van der Waals surface area (Å²) in [6.07, 6.45) is 0.851. The Bertz CT molecular complexity index is 672. The molecule has 0 saturated heterocycles. The van der Waals surface area contributed by atoms with Crippen molar-refractivity contribution in [1.29, 1.82) is 0 Å². The van der Waals surface area contributed by atoms with E-state index in [-0.39, 0.29) is 16.7 Å². The zero-order valence-corrected chi connectivity index (χ0v) is 11.6. The summed E-state index contributed by atoms with van der Waals surface area (Å²) in [6.45, 7) is 1.21. The first-order valence-corrected chi connectivity index (χ1v) is 6.96. The SMILES string of the molecule is NC1Cc2ccccc2N(Cc2ccccc2[N+](=O)[O-])C1. The van der Waals surface area contributed by atoms with Crippen molar-refractivity contribution in [1.82, 2.24) is 0 Å². The van der Waals surface area contributed by atoms with Crippen LogP contribution in [0.25, 0.3) is 0 Å². The van der Waals surface area contributed by atoms with Crippen LogP contribution in [0.2, 0.25) is 0 Å². The number of hydrogen-bond acceptors (Lipinski definition) is 4. The smallest absolute Gasteiger partial charge is 0.274 e. The Kier molecular flexibility index (Phi) is 3.58. The van der Waals surface area contributed by atoms with Gasteiger partial charge in [0.15, 0.2) is 0 Å². The Labute approximate surface area is 123 Å².